The van der Waals surface area contributed by atoms with Gasteiger partial charge in [0.25, 0.3) is 0 Å². The van der Waals surface area contributed by atoms with Crippen LogP contribution in [0.25, 0.3) is 0 Å². The third kappa shape index (κ3) is 4.60. The summed E-state index contributed by atoms with van der Waals surface area (Å²) in [6.07, 6.45) is -4.44. The number of carbonyl (C=O) groups is 2. The number of halogens is 3. The molecule has 0 aliphatic carbocycles. The van der Waals surface area contributed by atoms with Crippen molar-refractivity contribution in [1.82, 2.24) is 4.98 Å². The average Bonchev–Trinajstić information content (AvgIpc) is 2.70. The summed E-state index contributed by atoms with van der Waals surface area (Å²) in [7, 11) is 1.12. The number of hydrogen-bond donors (Lipinski definition) is 0. The summed E-state index contributed by atoms with van der Waals surface area (Å²) in [5.41, 5.74) is -0.203. The molecule has 1 aromatic rings. The predicted octanol–water partition coefficient (Wildman–Crippen LogP) is 2.21. The minimum Gasteiger partial charge on any atom is -0.464 e. The van der Waals surface area contributed by atoms with Gasteiger partial charge in [0.1, 0.15) is 16.5 Å². The smallest absolute Gasteiger partial charge is 0.411 e. The number of esters is 1. The lowest BCUT2D eigenvalue weighted by Gasteiger charge is -2.05. The maximum absolute atomic E-state index is 11.9. The fourth-order valence-electron chi connectivity index (χ4n) is 1.15. The van der Waals surface area contributed by atoms with Gasteiger partial charge in [-0.2, -0.15) is 13.2 Å². The summed E-state index contributed by atoms with van der Waals surface area (Å²) in [4.78, 5) is 26.4. The second-order valence-corrected chi connectivity index (χ2v) is 4.52. The molecular weight excluding hydrogens is 287 g/mol. The van der Waals surface area contributed by atoms with Gasteiger partial charge in [0.2, 0.25) is 0 Å². The first-order valence-electron chi connectivity index (χ1n) is 4.98. The van der Waals surface area contributed by atoms with Crippen molar-refractivity contribution in [2.45, 2.75) is 19.7 Å². The maximum atomic E-state index is 11.9. The molecule has 0 saturated carbocycles. The fraction of sp³-hybridized carbons (Fsp3) is 0.500. The molecule has 0 aromatic carbocycles. The molecule has 106 valence electrons. The molecule has 0 aliphatic rings. The zero-order valence-electron chi connectivity index (χ0n) is 10.0. The van der Waals surface area contributed by atoms with Crippen LogP contribution < -0.4 is 0 Å². The van der Waals surface area contributed by atoms with Gasteiger partial charge in [-0.3, -0.25) is 4.79 Å². The van der Waals surface area contributed by atoms with E-state index >= 15 is 0 Å². The third-order valence-electron chi connectivity index (χ3n) is 1.86. The molecule has 9 heteroatoms. The summed E-state index contributed by atoms with van der Waals surface area (Å²) in [6, 6.07) is 0. The normalized spacial score (nSPS) is 11.4. The molecule has 0 spiro atoms. The number of carbonyl (C=O) groups excluding carboxylic acids is 2. The number of Topliss-reactive ketones (excluding diaryl/α,β-unsaturated/α-hetero) is 1. The fourth-order valence-corrected chi connectivity index (χ4v) is 2.04. The summed E-state index contributed by atoms with van der Waals surface area (Å²) >= 11 is 0.808. The van der Waals surface area contributed by atoms with E-state index in [9.17, 15) is 22.8 Å². The van der Waals surface area contributed by atoms with Gasteiger partial charge in [-0.05, 0) is 0 Å². The molecule has 0 bridgehead atoms. The lowest BCUT2D eigenvalue weighted by Crippen LogP contribution is -2.16. The molecule has 0 saturated heterocycles. The summed E-state index contributed by atoms with van der Waals surface area (Å²) in [6.45, 7) is -0.628. The van der Waals surface area contributed by atoms with Gasteiger partial charge in [-0.25, -0.2) is 9.78 Å². The van der Waals surface area contributed by atoms with Crippen molar-refractivity contribution in [2.24, 2.45) is 0 Å². The van der Waals surface area contributed by atoms with E-state index in [1.54, 1.807) is 0 Å². The molecule has 1 aromatic heterocycles. The standard InChI is InChI=1S/C10H10F3NO4S/c1-5(15)8-7(9(16)17-2)14-6(19-8)3-18-4-10(11,12)13/h3-4H2,1-2H3. The second kappa shape index (κ2) is 6.11. The summed E-state index contributed by atoms with van der Waals surface area (Å²) < 4.78 is 44.5. The number of nitrogens with zero attached hydrogens (tertiary/aromatic N) is 1. The molecule has 1 heterocycles. The first-order valence-corrected chi connectivity index (χ1v) is 5.79. The Bertz CT molecular complexity index is 484. The average molecular weight is 297 g/mol. The highest BCUT2D eigenvalue weighted by Crippen LogP contribution is 2.22. The van der Waals surface area contributed by atoms with Crippen molar-refractivity contribution in [3.63, 3.8) is 0 Å². The Morgan fingerprint density at radius 2 is 2.00 bits per heavy atom. The van der Waals surface area contributed by atoms with Gasteiger partial charge in [0.15, 0.2) is 11.5 Å². The second-order valence-electron chi connectivity index (χ2n) is 3.44. The minimum absolute atomic E-state index is 0.0393. The van der Waals surface area contributed by atoms with E-state index in [1.165, 1.54) is 6.92 Å². The van der Waals surface area contributed by atoms with Crippen LogP contribution in [-0.2, 0) is 16.1 Å². The van der Waals surface area contributed by atoms with E-state index in [0.29, 0.717) is 0 Å². The van der Waals surface area contributed by atoms with E-state index in [4.69, 9.17) is 0 Å². The number of aromatic nitrogens is 1. The number of methoxy groups -OCH3 is 1. The summed E-state index contributed by atoms with van der Waals surface area (Å²) in [5.74, 6) is -1.23. The topological polar surface area (TPSA) is 65.5 Å². The molecule has 0 N–H and O–H groups in total. The van der Waals surface area contributed by atoms with Gasteiger partial charge in [0.05, 0.1) is 13.7 Å². The van der Waals surface area contributed by atoms with Crippen LogP contribution in [0.3, 0.4) is 0 Å². The molecule has 1 rings (SSSR count). The van der Waals surface area contributed by atoms with Crippen LogP contribution in [-0.4, -0.2) is 36.6 Å². The molecule has 0 atom stereocenters. The molecule has 0 aliphatic heterocycles. The van der Waals surface area contributed by atoms with Gasteiger partial charge < -0.3 is 9.47 Å². The van der Waals surface area contributed by atoms with Gasteiger partial charge in [0, 0.05) is 6.92 Å². The van der Waals surface area contributed by atoms with Crippen LogP contribution in [0.2, 0.25) is 0 Å². The lowest BCUT2D eigenvalue weighted by molar-refractivity contribution is -0.176. The van der Waals surface area contributed by atoms with E-state index in [0.717, 1.165) is 18.4 Å². The van der Waals surface area contributed by atoms with Crippen LogP contribution in [0.15, 0.2) is 0 Å². The highest BCUT2D eigenvalue weighted by molar-refractivity contribution is 7.14. The molecule has 19 heavy (non-hydrogen) atoms. The highest BCUT2D eigenvalue weighted by Gasteiger charge is 2.28. The van der Waals surface area contributed by atoms with Crippen LogP contribution in [0.5, 0.6) is 0 Å². The minimum atomic E-state index is -4.44. The van der Waals surface area contributed by atoms with Crippen LogP contribution in [0.4, 0.5) is 13.2 Å². The number of rotatable bonds is 5. The lowest BCUT2D eigenvalue weighted by atomic mass is 10.3. The molecule has 5 nitrogen and oxygen atoms in total. The first-order chi connectivity index (χ1) is 8.74. The number of ketones is 1. The molecule has 0 fully saturated rings. The Labute approximate surface area is 110 Å². The van der Waals surface area contributed by atoms with Crippen molar-refractivity contribution in [2.75, 3.05) is 13.7 Å². The molecule has 0 amide bonds. The third-order valence-corrected chi connectivity index (χ3v) is 2.99. The number of alkyl halides is 3. The largest absolute Gasteiger partial charge is 0.464 e. The van der Waals surface area contributed by atoms with E-state index in [-0.39, 0.29) is 15.6 Å². The van der Waals surface area contributed by atoms with Crippen molar-refractivity contribution < 1.29 is 32.2 Å². The summed E-state index contributed by atoms with van der Waals surface area (Å²) in [5, 5.41) is 0.106. The first kappa shape index (κ1) is 15.6. The molecule has 0 radical (unpaired) electrons. The van der Waals surface area contributed by atoms with Crippen molar-refractivity contribution in [3.8, 4) is 0 Å². The quantitative estimate of drug-likeness (QED) is 0.616. The van der Waals surface area contributed by atoms with Gasteiger partial charge >= 0.3 is 12.1 Å². The number of thiazole rings is 1. The molecular formula is C10H10F3NO4S. The Morgan fingerprint density at radius 3 is 2.47 bits per heavy atom. The Balaban J connectivity index is 2.81. The van der Waals surface area contributed by atoms with E-state index < -0.39 is 31.1 Å². The van der Waals surface area contributed by atoms with E-state index in [2.05, 4.69) is 14.5 Å². The Morgan fingerprint density at radius 1 is 1.37 bits per heavy atom. The Kier molecular flexibility index (Phi) is 5.01. The zero-order valence-corrected chi connectivity index (χ0v) is 10.9. The van der Waals surface area contributed by atoms with Crippen LogP contribution in [0.1, 0.15) is 32.1 Å². The van der Waals surface area contributed by atoms with Gasteiger partial charge in [-0.15, -0.1) is 11.3 Å². The number of ether oxygens (including phenoxy) is 2. The Hall–Kier alpha value is -1.48. The van der Waals surface area contributed by atoms with E-state index in [1.807, 2.05) is 0 Å². The monoisotopic (exact) mass is 297 g/mol. The number of hydrogen-bond acceptors (Lipinski definition) is 6. The zero-order chi connectivity index (χ0) is 14.6. The maximum Gasteiger partial charge on any atom is 0.411 e. The molecule has 0 unspecified atom stereocenters. The highest BCUT2D eigenvalue weighted by atomic mass is 32.1. The predicted molar refractivity (Wildman–Crippen MR) is 59.2 cm³/mol. The van der Waals surface area contributed by atoms with Crippen LogP contribution >= 0.6 is 11.3 Å². The van der Waals surface area contributed by atoms with Crippen molar-refractivity contribution in [1.29, 1.82) is 0 Å². The van der Waals surface area contributed by atoms with Crippen molar-refractivity contribution in [3.05, 3.63) is 15.6 Å². The van der Waals surface area contributed by atoms with Gasteiger partial charge in [-0.1, -0.05) is 0 Å². The van der Waals surface area contributed by atoms with Crippen LogP contribution in [0, 0.1) is 0 Å². The SMILES string of the molecule is COC(=O)c1nc(COCC(F)(F)F)sc1C(C)=O. The van der Waals surface area contributed by atoms with Crippen molar-refractivity contribution >= 4 is 23.1 Å².